The van der Waals surface area contributed by atoms with Crippen molar-refractivity contribution in [1.29, 1.82) is 0 Å². The van der Waals surface area contributed by atoms with E-state index < -0.39 is 0 Å². The van der Waals surface area contributed by atoms with Crippen LogP contribution in [0.2, 0.25) is 0 Å². The van der Waals surface area contributed by atoms with Crippen LogP contribution in [0.15, 0.2) is 274 Å². The summed E-state index contributed by atoms with van der Waals surface area (Å²) in [5, 5.41) is 3.31. The molecule has 0 aliphatic carbocycles. The van der Waals surface area contributed by atoms with Crippen molar-refractivity contribution in [2.24, 2.45) is 0 Å². The SMILES string of the molecule is Cc1ccc2c3cccnc3c3ccc(C)nc3c2n1.Cc1cccc(-c2cccc(C)n2)n1.[Ru].[Ru].c1ccc(-c2ccccn2)nc1.c1ccc(-c2ccccn2)nc1.c1ccc(-c2ccccn2)nc1.c1ccc(-c2ccccn2)nc1. The molecule has 0 unspecified atom stereocenters. The van der Waals surface area contributed by atoms with Crippen molar-refractivity contribution in [3.8, 4) is 56.9 Å². The number of hydrogen-bond donors (Lipinski definition) is 0. The summed E-state index contributed by atoms with van der Waals surface area (Å²) in [6, 6.07) is 70.7. The minimum Gasteiger partial charge on any atom is -0.256 e. The van der Waals surface area contributed by atoms with Crippen LogP contribution in [0.1, 0.15) is 22.8 Å². The Labute approximate surface area is 514 Å². The van der Waals surface area contributed by atoms with Crippen LogP contribution in [0.3, 0.4) is 0 Å². The largest absolute Gasteiger partial charge is 0.256 e. The van der Waals surface area contributed by atoms with Gasteiger partial charge in [-0.2, -0.15) is 0 Å². The summed E-state index contributed by atoms with van der Waals surface area (Å²) < 4.78 is 0. The van der Waals surface area contributed by atoms with Gasteiger partial charge in [-0.15, -0.1) is 0 Å². The van der Waals surface area contributed by atoms with Gasteiger partial charge in [-0.25, -0.2) is 0 Å². The standard InChI is InChI=1S/C17H13N3.C12H12N2.4C10H8N2.2Ru/c1-10-5-7-13-12-4-3-9-18-15(12)14-8-6-11(2)20-17(14)16(13)19-10;1-9-5-3-7-11(13-9)12-8-4-6-10(2)14-12;4*1-3-7-11-9(5-1)10-6-2-4-8-12-10;;/h3-9H,1-2H3;3-8H,1-2H3;4*1-8H;;. The zero-order valence-electron chi connectivity index (χ0n) is 46.5. The number of pyridine rings is 13. The molecule has 14 rings (SSSR count). The molecule has 0 aliphatic heterocycles. The average molecular weight is 1270 g/mol. The fraction of sp³-hybridized carbons (Fsp3) is 0.0580. The third kappa shape index (κ3) is 17.8. The molecule has 0 spiro atoms. The molecule has 0 atom stereocenters. The second kappa shape index (κ2) is 32.6. The molecule has 84 heavy (non-hydrogen) atoms. The van der Waals surface area contributed by atoms with Crippen molar-refractivity contribution in [2.45, 2.75) is 27.7 Å². The molecule has 1 aromatic carbocycles. The first-order chi connectivity index (χ1) is 40.4. The van der Waals surface area contributed by atoms with E-state index in [4.69, 9.17) is 9.97 Å². The molecule has 414 valence electrons. The minimum absolute atomic E-state index is 0. The van der Waals surface area contributed by atoms with E-state index in [0.29, 0.717) is 0 Å². The summed E-state index contributed by atoms with van der Waals surface area (Å²) in [7, 11) is 0. The molecule has 0 radical (unpaired) electrons. The maximum Gasteiger partial charge on any atom is 0.0990 e. The van der Waals surface area contributed by atoms with E-state index in [-0.39, 0.29) is 39.0 Å². The van der Waals surface area contributed by atoms with Gasteiger partial charge in [0.25, 0.3) is 0 Å². The number of fused-ring (bicyclic) bond motifs is 6. The van der Waals surface area contributed by atoms with Crippen molar-refractivity contribution in [3.05, 3.63) is 297 Å². The maximum atomic E-state index is 4.70. The van der Waals surface area contributed by atoms with E-state index in [1.807, 2.05) is 234 Å². The molecular formula is C69H57N13Ru2. The first kappa shape index (κ1) is 61.8. The topological polar surface area (TPSA) is 168 Å². The molecule has 0 fully saturated rings. The Bertz CT molecular complexity index is 3610. The van der Waals surface area contributed by atoms with Crippen LogP contribution in [0.5, 0.6) is 0 Å². The summed E-state index contributed by atoms with van der Waals surface area (Å²) >= 11 is 0. The van der Waals surface area contributed by atoms with Gasteiger partial charge in [0.1, 0.15) is 0 Å². The van der Waals surface area contributed by atoms with E-state index in [9.17, 15) is 0 Å². The smallest absolute Gasteiger partial charge is 0.0990 e. The van der Waals surface area contributed by atoms with Gasteiger partial charge in [-0.3, -0.25) is 64.8 Å². The van der Waals surface area contributed by atoms with Crippen molar-refractivity contribution in [2.75, 3.05) is 0 Å². The Kier molecular flexibility index (Phi) is 24.0. The molecule has 0 saturated carbocycles. The Hall–Kier alpha value is -9.80. The van der Waals surface area contributed by atoms with Gasteiger partial charge in [-0.05, 0) is 173 Å². The van der Waals surface area contributed by atoms with Gasteiger partial charge >= 0.3 is 0 Å². The zero-order valence-corrected chi connectivity index (χ0v) is 50.0. The van der Waals surface area contributed by atoms with Gasteiger partial charge in [0.15, 0.2) is 0 Å². The Morgan fingerprint density at radius 3 is 0.714 bits per heavy atom. The second-order valence-electron chi connectivity index (χ2n) is 18.1. The van der Waals surface area contributed by atoms with Crippen LogP contribution in [0, 0.1) is 27.7 Å². The van der Waals surface area contributed by atoms with E-state index in [1.54, 1.807) is 49.6 Å². The van der Waals surface area contributed by atoms with Gasteiger partial charge < -0.3 is 0 Å². The summed E-state index contributed by atoms with van der Waals surface area (Å²) in [5.74, 6) is 0. The van der Waals surface area contributed by atoms with Crippen LogP contribution in [0.25, 0.3) is 89.6 Å². The van der Waals surface area contributed by atoms with Crippen LogP contribution in [0.4, 0.5) is 0 Å². The van der Waals surface area contributed by atoms with E-state index in [0.717, 1.165) is 112 Å². The van der Waals surface area contributed by atoms with Crippen molar-refractivity contribution in [3.63, 3.8) is 0 Å². The number of aromatic nitrogens is 13. The number of nitrogens with zero attached hydrogens (tertiary/aromatic N) is 13. The van der Waals surface area contributed by atoms with Gasteiger partial charge in [-0.1, -0.05) is 72.8 Å². The first-order valence-corrected chi connectivity index (χ1v) is 26.4. The quantitative estimate of drug-likeness (QED) is 0.118. The summed E-state index contributed by atoms with van der Waals surface area (Å²) in [6.45, 7) is 7.98. The normalized spacial score (nSPS) is 9.95. The van der Waals surface area contributed by atoms with Crippen LogP contribution >= 0.6 is 0 Å². The fourth-order valence-corrected chi connectivity index (χ4v) is 8.21. The van der Waals surface area contributed by atoms with Gasteiger partial charge in [0, 0.05) is 134 Å². The predicted molar refractivity (Wildman–Crippen MR) is 329 cm³/mol. The molecule has 0 aliphatic rings. The number of benzene rings is 1. The molecular weight excluding hydrogens is 1210 g/mol. The van der Waals surface area contributed by atoms with Crippen molar-refractivity contribution < 1.29 is 39.0 Å². The number of hydrogen-bond acceptors (Lipinski definition) is 13. The van der Waals surface area contributed by atoms with Gasteiger partial charge in [0.05, 0.1) is 73.5 Å². The van der Waals surface area contributed by atoms with Crippen molar-refractivity contribution >= 4 is 32.7 Å². The van der Waals surface area contributed by atoms with E-state index in [1.165, 1.54) is 0 Å². The average Bonchev–Trinajstić information content (AvgIpc) is 1.75. The third-order valence-electron chi connectivity index (χ3n) is 12.1. The van der Waals surface area contributed by atoms with Crippen LogP contribution in [-0.4, -0.2) is 64.8 Å². The molecule has 0 amide bonds. The molecule has 0 N–H and O–H groups in total. The monoisotopic (exact) mass is 1270 g/mol. The second-order valence-corrected chi connectivity index (χ2v) is 18.1. The molecule has 14 aromatic rings. The third-order valence-corrected chi connectivity index (χ3v) is 12.1. The minimum atomic E-state index is 0. The first-order valence-electron chi connectivity index (χ1n) is 26.4. The zero-order chi connectivity index (χ0) is 56.6. The van der Waals surface area contributed by atoms with E-state index >= 15 is 0 Å². The van der Waals surface area contributed by atoms with Crippen molar-refractivity contribution in [1.82, 2.24) is 64.8 Å². The molecule has 13 aromatic heterocycles. The molecule has 13 nitrogen and oxygen atoms in total. The molecule has 0 bridgehead atoms. The number of aryl methyl sites for hydroxylation is 4. The Balaban J connectivity index is 0.000000146. The van der Waals surface area contributed by atoms with Crippen LogP contribution < -0.4 is 0 Å². The van der Waals surface area contributed by atoms with E-state index in [2.05, 4.69) is 73.0 Å². The maximum absolute atomic E-state index is 4.70. The summed E-state index contributed by atoms with van der Waals surface area (Å²) in [4.78, 5) is 56.3. The Morgan fingerprint density at radius 2 is 0.429 bits per heavy atom. The molecule has 0 saturated heterocycles. The number of rotatable bonds is 5. The predicted octanol–water partition coefficient (Wildman–Crippen LogP) is 15.3. The van der Waals surface area contributed by atoms with Gasteiger partial charge in [0.2, 0.25) is 0 Å². The Morgan fingerprint density at radius 1 is 0.179 bits per heavy atom. The summed E-state index contributed by atoms with van der Waals surface area (Å²) in [5.41, 5.74) is 16.1. The fourth-order valence-electron chi connectivity index (χ4n) is 8.21. The summed E-state index contributed by atoms with van der Waals surface area (Å²) in [6.07, 6.45) is 16.0. The van der Waals surface area contributed by atoms with Crippen LogP contribution in [-0.2, 0) is 39.0 Å². The molecule has 13 heterocycles. The molecule has 15 heteroatoms.